The van der Waals surface area contributed by atoms with Crippen molar-refractivity contribution in [1.82, 2.24) is 0 Å². The molecular formula is C11H12N2O3S. The van der Waals surface area contributed by atoms with Gasteiger partial charge in [0.25, 0.3) is 0 Å². The number of hydrogen-bond acceptors (Lipinski definition) is 4. The van der Waals surface area contributed by atoms with E-state index < -0.39 is 27.3 Å². The van der Waals surface area contributed by atoms with Gasteiger partial charge in [-0.05, 0) is 18.6 Å². The summed E-state index contributed by atoms with van der Waals surface area (Å²) in [5.74, 6) is -1.95. The van der Waals surface area contributed by atoms with Gasteiger partial charge in [-0.2, -0.15) is 5.26 Å². The van der Waals surface area contributed by atoms with E-state index in [-0.39, 0.29) is 0 Å². The largest absolute Gasteiger partial charge is 0.325 e. The summed E-state index contributed by atoms with van der Waals surface area (Å²) in [6.07, 6.45) is 0. The van der Waals surface area contributed by atoms with E-state index in [0.717, 1.165) is 5.56 Å². The minimum Gasteiger partial charge on any atom is -0.325 e. The van der Waals surface area contributed by atoms with Crippen LogP contribution in [0.1, 0.15) is 5.56 Å². The Bertz CT molecular complexity index is 558. The van der Waals surface area contributed by atoms with E-state index in [1.54, 1.807) is 25.1 Å². The molecular weight excluding hydrogens is 240 g/mol. The first-order valence-electron chi connectivity index (χ1n) is 4.87. The Labute approximate surface area is 100.0 Å². The van der Waals surface area contributed by atoms with Gasteiger partial charge in [0.1, 0.15) is 11.5 Å². The Morgan fingerprint density at radius 1 is 1.41 bits per heavy atom. The number of rotatable bonds is 4. The lowest BCUT2D eigenvalue weighted by Crippen LogP contribution is -2.24. The molecule has 0 heterocycles. The smallest absolute Gasteiger partial charge is 0.239 e. The normalized spacial score (nSPS) is 10.6. The molecule has 90 valence electrons. The summed E-state index contributed by atoms with van der Waals surface area (Å²) < 4.78 is 22.5. The van der Waals surface area contributed by atoms with E-state index in [2.05, 4.69) is 5.32 Å². The summed E-state index contributed by atoms with van der Waals surface area (Å²) in [7, 11) is -3.64. The van der Waals surface area contributed by atoms with Crippen LogP contribution in [0.3, 0.4) is 0 Å². The summed E-state index contributed by atoms with van der Waals surface area (Å²) in [6, 6.07) is 8.57. The highest BCUT2D eigenvalue weighted by Crippen LogP contribution is 2.12. The Kier molecular flexibility index (Phi) is 4.24. The highest BCUT2D eigenvalue weighted by atomic mass is 32.2. The molecule has 17 heavy (non-hydrogen) atoms. The Morgan fingerprint density at radius 3 is 2.65 bits per heavy atom. The summed E-state index contributed by atoms with van der Waals surface area (Å²) in [5, 5.41) is 10.8. The van der Waals surface area contributed by atoms with Gasteiger partial charge in [-0.1, -0.05) is 18.2 Å². The first-order valence-corrected chi connectivity index (χ1v) is 6.69. The molecule has 1 rings (SSSR count). The number of hydrogen-bond donors (Lipinski definition) is 1. The lowest BCUT2D eigenvalue weighted by Gasteiger charge is -2.07. The fraction of sp³-hybridized carbons (Fsp3) is 0.273. The quantitative estimate of drug-likeness (QED) is 0.861. The maximum absolute atomic E-state index is 11.5. The van der Waals surface area contributed by atoms with Gasteiger partial charge >= 0.3 is 0 Å². The molecule has 0 saturated carbocycles. The van der Waals surface area contributed by atoms with E-state index >= 15 is 0 Å². The number of sulfone groups is 1. The third kappa shape index (κ3) is 4.25. The van der Waals surface area contributed by atoms with Gasteiger partial charge in [-0.3, -0.25) is 4.79 Å². The van der Waals surface area contributed by atoms with Crippen LogP contribution in [0.2, 0.25) is 0 Å². The number of carbonyl (C=O) groups is 1. The van der Waals surface area contributed by atoms with Crippen molar-refractivity contribution in [2.45, 2.75) is 6.92 Å². The van der Waals surface area contributed by atoms with E-state index in [1.807, 2.05) is 6.07 Å². The predicted molar refractivity (Wildman–Crippen MR) is 64.1 cm³/mol. The third-order valence-corrected chi connectivity index (χ3v) is 3.33. The second-order valence-corrected chi connectivity index (χ2v) is 5.62. The fourth-order valence-electron chi connectivity index (χ4n) is 1.25. The second kappa shape index (κ2) is 5.46. The van der Waals surface area contributed by atoms with Crippen molar-refractivity contribution in [3.8, 4) is 6.07 Å². The van der Waals surface area contributed by atoms with Crippen LogP contribution in [0, 0.1) is 18.3 Å². The molecule has 0 aliphatic heterocycles. The number of nitrogens with one attached hydrogen (secondary N) is 1. The zero-order chi connectivity index (χ0) is 12.9. The Morgan fingerprint density at radius 2 is 2.06 bits per heavy atom. The highest BCUT2D eigenvalue weighted by Gasteiger charge is 2.16. The second-order valence-electron chi connectivity index (χ2n) is 3.55. The molecule has 0 aliphatic carbocycles. The highest BCUT2D eigenvalue weighted by molar-refractivity contribution is 7.92. The number of amides is 1. The zero-order valence-electron chi connectivity index (χ0n) is 9.30. The number of para-hydroxylation sites is 1. The SMILES string of the molecule is Cc1ccccc1NC(=O)CS(=O)(=O)CC#N. The summed E-state index contributed by atoms with van der Waals surface area (Å²) in [4.78, 5) is 11.5. The number of aryl methyl sites for hydroxylation is 1. The molecule has 0 atom stereocenters. The van der Waals surface area contributed by atoms with Crippen LogP contribution >= 0.6 is 0 Å². The molecule has 1 amide bonds. The van der Waals surface area contributed by atoms with Crippen molar-refractivity contribution < 1.29 is 13.2 Å². The molecule has 0 radical (unpaired) electrons. The van der Waals surface area contributed by atoms with E-state index in [9.17, 15) is 13.2 Å². The molecule has 0 aromatic heterocycles. The first kappa shape index (κ1) is 13.2. The van der Waals surface area contributed by atoms with Gasteiger partial charge in [-0.25, -0.2) is 8.42 Å². The van der Waals surface area contributed by atoms with E-state index in [0.29, 0.717) is 5.69 Å². The molecule has 0 aliphatic rings. The van der Waals surface area contributed by atoms with Gasteiger partial charge in [0.2, 0.25) is 5.91 Å². The topological polar surface area (TPSA) is 87.0 Å². The van der Waals surface area contributed by atoms with Crippen LogP contribution in [0.15, 0.2) is 24.3 Å². The molecule has 1 aromatic rings. The van der Waals surface area contributed by atoms with Crippen LogP contribution < -0.4 is 5.32 Å². The molecule has 0 bridgehead atoms. The lowest BCUT2D eigenvalue weighted by molar-refractivity contribution is -0.113. The van der Waals surface area contributed by atoms with Crippen LogP contribution in [0.4, 0.5) is 5.69 Å². The molecule has 1 aromatic carbocycles. The maximum Gasteiger partial charge on any atom is 0.239 e. The Balaban J connectivity index is 2.70. The Hall–Kier alpha value is -1.87. The van der Waals surface area contributed by atoms with Crippen molar-refractivity contribution in [3.63, 3.8) is 0 Å². The minimum absolute atomic E-state index is 0.574. The zero-order valence-corrected chi connectivity index (χ0v) is 10.1. The number of anilines is 1. The maximum atomic E-state index is 11.5. The molecule has 0 unspecified atom stereocenters. The van der Waals surface area contributed by atoms with Gasteiger partial charge in [0.05, 0.1) is 6.07 Å². The number of nitriles is 1. The van der Waals surface area contributed by atoms with Crippen LogP contribution in [0.5, 0.6) is 0 Å². The molecule has 0 saturated heterocycles. The summed E-state index contributed by atoms with van der Waals surface area (Å²) >= 11 is 0. The lowest BCUT2D eigenvalue weighted by atomic mass is 10.2. The minimum atomic E-state index is -3.64. The molecule has 0 fully saturated rings. The van der Waals surface area contributed by atoms with Gasteiger partial charge < -0.3 is 5.32 Å². The van der Waals surface area contributed by atoms with Gasteiger partial charge in [0.15, 0.2) is 9.84 Å². The number of carbonyl (C=O) groups excluding carboxylic acids is 1. The predicted octanol–water partition coefficient (Wildman–Crippen LogP) is 0.872. The average Bonchev–Trinajstić information content (AvgIpc) is 2.20. The van der Waals surface area contributed by atoms with Crippen LogP contribution in [0.25, 0.3) is 0 Å². The van der Waals surface area contributed by atoms with Crippen molar-refractivity contribution in [1.29, 1.82) is 5.26 Å². The molecule has 6 heteroatoms. The van der Waals surface area contributed by atoms with Crippen LogP contribution in [-0.4, -0.2) is 25.8 Å². The standard InChI is InChI=1S/C11H12N2O3S/c1-9-4-2-3-5-10(9)13-11(14)8-17(15,16)7-6-12/h2-5H,7-8H2,1H3,(H,13,14). The van der Waals surface area contributed by atoms with Crippen molar-refractivity contribution in [2.24, 2.45) is 0 Å². The summed E-state index contributed by atoms with van der Waals surface area (Å²) in [5.41, 5.74) is 1.42. The molecule has 5 nitrogen and oxygen atoms in total. The van der Waals surface area contributed by atoms with E-state index in [4.69, 9.17) is 5.26 Å². The van der Waals surface area contributed by atoms with Crippen molar-refractivity contribution >= 4 is 21.4 Å². The first-order chi connectivity index (χ1) is 7.94. The fourth-order valence-corrected chi connectivity index (χ4v) is 2.02. The number of benzene rings is 1. The summed E-state index contributed by atoms with van der Waals surface area (Å²) in [6.45, 7) is 1.80. The van der Waals surface area contributed by atoms with Crippen LogP contribution in [-0.2, 0) is 14.6 Å². The average molecular weight is 252 g/mol. The monoisotopic (exact) mass is 252 g/mol. The molecule has 0 spiro atoms. The number of nitrogens with zero attached hydrogens (tertiary/aromatic N) is 1. The van der Waals surface area contributed by atoms with Gasteiger partial charge in [0, 0.05) is 5.69 Å². The van der Waals surface area contributed by atoms with Crippen molar-refractivity contribution in [3.05, 3.63) is 29.8 Å². The van der Waals surface area contributed by atoms with Gasteiger partial charge in [-0.15, -0.1) is 0 Å². The third-order valence-electron chi connectivity index (χ3n) is 2.05. The van der Waals surface area contributed by atoms with Crippen molar-refractivity contribution in [2.75, 3.05) is 16.8 Å². The molecule has 1 N–H and O–H groups in total. The van der Waals surface area contributed by atoms with E-state index in [1.165, 1.54) is 6.07 Å².